The molecule has 0 aliphatic heterocycles. The predicted octanol–water partition coefficient (Wildman–Crippen LogP) is -0.848. The van der Waals surface area contributed by atoms with Gasteiger partial charge in [0.1, 0.15) is 0 Å². The minimum atomic E-state index is 0.0266. The van der Waals surface area contributed by atoms with E-state index in [0.29, 0.717) is 0 Å². The Morgan fingerprint density at radius 2 is 1.33 bits per heavy atom. The minimum Gasteiger partial charge on any atom is -0.326 e. The van der Waals surface area contributed by atoms with Crippen molar-refractivity contribution < 1.29 is 0 Å². The van der Waals surface area contributed by atoms with Crippen molar-refractivity contribution in [2.75, 3.05) is 0 Å². The van der Waals surface area contributed by atoms with Gasteiger partial charge in [0.25, 0.3) is 0 Å². The van der Waals surface area contributed by atoms with Gasteiger partial charge in [0, 0.05) is 18.1 Å². The molecule has 0 saturated heterocycles. The predicted molar refractivity (Wildman–Crippen MR) is 37.8 cm³/mol. The van der Waals surface area contributed by atoms with E-state index in [9.17, 15) is 0 Å². The van der Waals surface area contributed by atoms with E-state index in [4.69, 9.17) is 17.2 Å². The van der Waals surface area contributed by atoms with Crippen LogP contribution in [0.5, 0.6) is 0 Å². The SMILES string of the molecule is NC1[C@H](N)CCC[C@@H]1N. The summed E-state index contributed by atoms with van der Waals surface area (Å²) in [6.07, 6.45) is 3.21. The first-order valence-electron chi connectivity index (χ1n) is 3.48. The fourth-order valence-corrected chi connectivity index (χ4v) is 1.29. The van der Waals surface area contributed by atoms with E-state index >= 15 is 0 Å². The highest BCUT2D eigenvalue weighted by Gasteiger charge is 2.24. The molecule has 3 atom stereocenters. The highest BCUT2D eigenvalue weighted by molar-refractivity contribution is 4.89. The van der Waals surface area contributed by atoms with E-state index in [2.05, 4.69) is 0 Å². The van der Waals surface area contributed by atoms with Crippen LogP contribution in [0.3, 0.4) is 0 Å². The molecule has 3 nitrogen and oxygen atoms in total. The van der Waals surface area contributed by atoms with E-state index in [-0.39, 0.29) is 18.1 Å². The van der Waals surface area contributed by atoms with Crippen molar-refractivity contribution in [3.05, 3.63) is 0 Å². The van der Waals surface area contributed by atoms with Crippen LogP contribution in [0.4, 0.5) is 0 Å². The second kappa shape index (κ2) is 2.64. The molecule has 0 bridgehead atoms. The van der Waals surface area contributed by atoms with Gasteiger partial charge in [0.2, 0.25) is 0 Å². The fraction of sp³-hybridized carbons (Fsp3) is 1.00. The third-order valence-electron chi connectivity index (χ3n) is 2.06. The zero-order valence-electron chi connectivity index (χ0n) is 5.59. The molecule has 3 heteroatoms. The van der Waals surface area contributed by atoms with Gasteiger partial charge < -0.3 is 17.2 Å². The van der Waals surface area contributed by atoms with E-state index in [1.807, 2.05) is 0 Å². The lowest BCUT2D eigenvalue weighted by atomic mass is 9.88. The average Bonchev–Trinajstić information content (AvgIpc) is 1.83. The molecule has 1 unspecified atom stereocenters. The standard InChI is InChI=1S/C6H15N3/c7-4-2-1-3-5(8)6(4)9/h4-6H,1-3,7-9H2/t4-,5+,6?. The molecule has 0 radical (unpaired) electrons. The van der Waals surface area contributed by atoms with Gasteiger partial charge in [-0.1, -0.05) is 6.42 Å². The van der Waals surface area contributed by atoms with Gasteiger partial charge in [-0.3, -0.25) is 0 Å². The normalized spacial score (nSPS) is 45.0. The minimum absolute atomic E-state index is 0.0266. The van der Waals surface area contributed by atoms with Gasteiger partial charge in [0.05, 0.1) is 0 Å². The number of hydrogen-bond donors (Lipinski definition) is 3. The van der Waals surface area contributed by atoms with Crippen LogP contribution in [0.15, 0.2) is 0 Å². The van der Waals surface area contributed by atoms with Gasteiger partial charge in [-0.2, -0.15) is 0 Å². The lowest BCUT2D eigenvalue weighted by molar-refractivity contribution is 0.339. The molecule has 1 aliphatic rings. The maximum Gasteiger partial charge on any atom is 0.0346 e. The van der Waals surface area contributed by atoms with E-state index in [1.54, 1.807) is 0 Å². The van der Waals surface area contributed by atoms with Gasteiger partial charge in [-0.15, -0.1) is 0 Å². The van der Waals surface area contributed by atoms with Crippen molar-refractivity contribution in [1.29, 1.82) is 0 Å². The topological polar surface area (TPSA) is 78.1 Å². The first-order valence-corrected chi connectivity index (χ1v) is 3.48. The van der Waals surface area contributed by atoms with Gasteiger partial charge >= 0.3 is 0 Å². The smallest absolute Gasteiger partial charge is 0.0346 e. The Bertz CT molecular complexity index is 84.3. The van der Waals surface area contributed by atoms with Crippen molar-refractivity contribution >= 4 is 0 Å². The molecule has 0 amide bonds. The van der Waals surface area contributed by atoms with Gasteiger partial charge in [-0.25, -0.2) is 0 Å². The van der Waals surface area contributed by atoms with Crippen molar-refractivity contribution in [3.8, 4) is 0 Å². The van der Waals surface area contributed by atoms with E-state index in [1.165, 1.54) is 0 Å². The molecular formula is C6H15N3. The monoisotopic (exact) mass is 129 g/mol. The lowest BCUT2D eigenvalue weighted by Crippen LogP contribution is -2.55. The Morgan fingerprint density at radius 3 is 1.67 bits per heavy atom. The Labute approximate surface area is 55.6 Å². The van der Waals surface area contributed by atoms with E-state index in [0.717, 1.165) is 19.3 Å². The summed E-state index contributed by atoms with van der Waals surface area (Å²) in [5, 5.41) is 0. The summed E-state index contributed by atoms with van der Waals surface area (Å²) >= 11 is 0. The van der Waals surface area contributed by atoms with Crippen molar-refractivity contribution in [2.45, 2.75) is 37.4 Å². The molecule has 9 heavy (non-hydrogen) atoms. The second-order valence-electron chi connectivity index (χ2n) is 2.84. The molecule has 1 rings (SSSR count). The van der Waals surface area contributed by atoms with Crippen LogP contribution in [0.2, 0.25) is 0 Å². The molecule has 1 aliphatic carbocycles. The largest absolute Gasteiger partial charge is 0.326 e. The molecule has 1 saturated carbocycles. The fourth-order valence-electron chi connectivity index (χ4n) is 1.29. The van der Waals surface area contributed by atoms with Crippen LogP contribution in [0, 0.1) is 0 Å². The van der Waals surface area contributed by atoms with E-state index < -0.39 is 0 Å². The molecule has 0 aromatic heterocycles. The molecule has 1 fully saturated rings. The van der Waals surface area contributed by atoms with Crippen molar-refractivity contribution in [1.82, 2.24) is 0 Å². The quantitative estimate of drug-likeness (QED) is 0.399. The maximum absolute atomic E-state index is 5.67. The summed E-state index contributed by atoms with van der Waals surface area (Å²) in [6, 6.07) is 0.293. The number of hydrogen-bond acceptors (Lipinski definition) is 3. The Balaban J connectivity index is 2.41. The molecule has 6 N–H and O–H groups in total. The van der Waals surface area contributed by atoms with Crippen LogP contribution >= 0.6 is 0 Å². The number of rotatable bonds is 0. The molecule has 0 aromatic rings. The third-order valence-corrected chi connectivity index (χ3v) is 2.06. The summed E-state index contributed by atoms with van der Waals surface area (Å²) in [5.41, 5.74) is 17.0. The molecule has 0 spiro atoms. The summed E-state index contributed by atoms with van der Waals surface area (Å²) in [7, 11) is 0. The van der Waals surface area contributed by atoms with Gasteiger partial charge in [-0.05, 0) is 12.8 Å². The number of nitrogens with two attached hydrogens (primary N) is 3. The molecule has 0 heterocycles. The first-order chi connectivity index (χ1) is 4.22. The zero-order valence-corrected chi connectivity index (χ0v) is 5.59. The average molecular weight is 129 g/mol. The summed E-state index contributed by atoms with van der Waals surface area (Å²) in [4.78, 5) is 0. The molecule has 0 aromatic carbocycles. The first kappa shape index (κ1) is 6.99. The van der Waals surface area contributed by atoms with Crippen LogP contribution in [-0.2, 0) is 0 Å². The lowest BCUT2D eigenvalue weighted by Gasteiger charge is -2.30. The van der Waals surface area contributed by atoms with Crippen molar-refractivity contribution in [3.63, 3.8) is 0 Å². The summed E-state index contributed by atoms with van der Waals surface area (Å²) < 4.78 is 0. The zero-order chi connectivity index (χ0) is 6.85. The summed E-state index contributed by atoms with van der Waals surface area (Å²) in [5.74, 6) is 0. The second-order valence-corrected chi connectivity index (χ2v) is 2.84. The maximum atomic E-state index is 5.67. The third kappa shape index (κ3) is 1.41. The van der Waals surface area contributed by atoms with Crippen LogP contribution in [-0.4, -0.2) is 18.1 Å². The highest BCUT2D eigenvalue weighted by Crippen LogP contribution is 2.13. The Hall–Kier alpha value is -0.120. The van der Waals surface area contributed by atoms with Gasteiger partial charge in [0.15, 0.2) is 0 Å². The van der Waals surface area contributed by atoms with Crippen LogP contribution < -0.4 is 17.2 Å². The Kier molecular flexibility index (Phi) is 2.05. The molecular weight excluding hydrogens is 114 g/mol. The highest BCUT2D eigenvalue weighted by atomic mass is 14.9. The summed E-state index contributed by atoms with van der Waals surface area (Å²) in [6.45, 7) is 0. The van der Waals surface area contributed by atoms with Crippen molar-refractivity contribution in [2.24, 2.45) is 17.2 Å². The van der Waals surface area contributed by atoms with Crippen LogP contribution in [0.1, 0.15) is 19.3 Å². The van der Waals surface area contributed by atoms with Crippen LogP contribution in [0.25, 0.3) is 0 Å². The molecule has 54 valence electrons. The Morgan fingerprint density at radius 1 is 0.889 bits per heavy atom.